The summed E-state index contributed by atoms with van der Waals surface area (Å²) in [6.07, 6.45) is 6.25. The Hall–Kier alpha value is -3.80. The lowest BCUT2D eigenvalue weighted by Gasteiger charge is -2.26. The zero-order valence-corrected chi connectivity index (χ0v) is 16.0. The number of aliphatic hydroxyl groups is 1. The quantitative estimate of drug-likeness (QED) is 0.422. The molecule has 1 aromatic carbocycles. The molecule has 1 aliphatic rings. The van der Waals surface area contributed by atoms with Gasteiger partial charge >= 0.3 is 0 Å². The van der Waals surface area contributed by atoms with Crippen molar-refractivity contribution in [1.82, 2.24) is 9.97 Å². The van der Waals surface area contributed by atoms with Gasteiger partial charge in [-0.3, -0.25) is 24.5 Å². The third-order valence-electron chi connectivity index (χ3n) is 5.03. The van der Waals surface area contributed by atoms with Crippen molar-refractivity contribution >= 4 is 23.1 Å². The zero-order valence-electron chi connectivity index (χ0n) is 16.0. The Morgan fingerprint density at radius 3 is 2.17 bits per heavy atom. The standard InChI is InChI=1S/C23H19N3O3/c1-14-3-4-18(15(2)13-14)26-20(16-5-9-24-10-6-16)19(22(28)23(26)29)21(27)17-7-11-25-12-8-17/h3-13,20,27H,1-2H3/b21-19+. The van der Waals surface area contributed by atoms with Gasteiger partial charge in [0, 0.05) is 36.0 Å². The van der Waals surface area contributed by atoms with Crippen LogP contribution in [-0.2, 0) is 9.59 Å². The topological polar surface area (TPSA) is 83.4 Å². The van der Waals surface area contributed by atoms with Crippen molar-refractivity contribution < 1.29 is 14.7 Å². The molecule has 3 heterocycles. The molecular weight excluding hydrogens is 366 g/mol. The first kappa shape index (κ1) is 18.6. The number of amides is 1. The highest BCUT2D eigenvalue weighted by atomic mass is 16.3. The Balaban J connectivity index is 1.97. The summed E-state index contributed by atoms with van der Waals surface area (Å²) in [4.78, 5) is 35.5. The predicted molar refractivity (Wildman–Crippen MR) is 109 cm³/mol. The van der Waals surface area contributed by atoms with E-state index in [4.69, 9.17) is 0 Å². The number of Topliss-reactive ketones (excluding diaryl/α,β-unsaturated/α-hetero) is 1. The monoisotopic (exact) mass is 385 g/mol. The minimum Gasteiger partial charge on any atom is -0.507 e. The molecule has 0 bridgehead atoms. The van der Waals surface area contributed by atoms with Gasteiger partial charge in [0.05, 0.1) is 11.6 Å². The molecule has 6 heteroatoms. The molecule has 6 nitrogen and oxygen atoms in total. The van der Waals surface area contributed by atoms with Crippen molar-refractivity contribution in [3.05, 3.63) is 95.1 Å². The van der Waals surface area contributed by atoms with Crippen molar-refractivity contribution in [1.29, 1.82) is 0 Å². The number of carbonyl (C=O) groups excluding carboxylic acids is 2. The Labute approximate surface area is 168 Å². The number of benzene rings is 1. The second-order valence-electron chi connectivity index (χ2n) is 6.98. The molecule has 1 fully saturated rings. The van der Waals surface area contributed by atoms with Crippen LogP contribution in [0.1, 0.15) is 28.3 Å². The Bertz CT molecular complexity index is 1120. The summed E-state index contributed by atoms with van der Waals surface area (Å²) in [6.45, 7) is 3.86. The summed E-state index contributed by atoms with van der Waals surface area (Å²) in [5.74, 6) is -1.62. The Morgan fingerprint density at radius 2 is 1.55 bits per heavy atom. The van der Waals surface area contributed by atoms with Crippen LogP contribution in [0.5, 0.6) is 0 Å². The third-order valence-corrected chi connectivity index (χ3v) is 5.03. The average molecular weight is 385 g/mol. The van der Waals surface area contributed by atoms with E-state index >= 15 is 0 Å². The van der Waals surface area contributed by atoms with Crippen LogP contribution in [0.4, 0.5) is 5.69 Å². The van der Waals surface area contributed by atoms with Crippen molar-refractivity contribution in [2.45, 2.75) is 19.9 Å². The second kappa shape index (κ2) is 7.31. The van der Waals surface area contributed by atoms with Crippen LogP contribution in [0.15, 0.2) is 72.8 Å². The smallest absolute Gasteiger partial charge is 0.300 e. The number of aryl methyl sites for hydroxylation is 2. The van der Waals surface area contributed by atoms with E-state index in [2.05, 4.69) is 9.97 Å². The molecule has 0 spiro atoms. The number of hydrogen-bond acceptors (Lipinski definition) is 5. The molecule has 1 unspecified atom stereocenters. The fraction of sp³-hybridized carbons (Fsp3) is 0.130. The van der Waals surface area contributed by atoms with E-state index < -0.39 is 17.7 Å². The number of ketones is 1. The summed E-state index contributed by atoms with van der Waals surface area (Å²) in [7, 11) is 0. The minimum absolute atomic E-state index is 0.0485. The largest absolute Gasteiger partial charge is 0.507 e. The fourth-order valence-electron chi connectivity index (χ4n) is 3.68. The van der Waals surface area contributed by atoms with Gasteiger partial charge in [0.25, 0.3) is 11.7 Å². The number of pyridine rings is 2. The lowest BCUT2D eigenvalue weighted by Crippen LogP contribution is -2.30. The summed E-state index contributed by atoms with van der Waals surface area (Å²) < 4.78 is 0. The SMILES string of the molecule is Cc1ccc(N2C(=O)C(=O)/C(=C(/O)c3ccncc3)C2c2ccncc2)c(C)c1. The molecule has 144 valence electrons. The van der Waals surface area contributed by atoms with Crippen LogP contribution < -0.4 is 4.90 Å². The number of anilines is 1. The maximum Gasteiger partial charge on any atom is 0.300 e. The normalized spacial score (nSPS) is 18.3. The van der Waals surface area contributed by atoms with Gasteiger partial charge in [-0.1, -0.05) is 17.7 Å². The minimum atomic E-state index is -0.757. The molecule has 1 N–H and O–H groups in total. The first-order valence-corrected chi connectivity index (χ1v) is 9.17. The Morgan fingerprint density at radius 1 is 0.931 bits per heavy atom. The summed E-state index contributed by atoms with van der Waals surface area (Å²) in [6, 6.07) is 11.6. The fourth-order valence-corrected chi connectivity index (χ4v) is 3.68. The van der Waals surface area contributed by atoms with Gasteiger partial charge in [-0.2, -0.15) is 0 Å². The van der Waals surface area contributed by atoms with Gasteiger partial charge in [0.2, 0.25) is 0 Å². The molecule has 0 saturated carbocycles. The molecule has 1 aliphatic heterocycles. The zero-order chi connectivity index (χ0) is 20.5. The maximum absolute atomic E-state index is 13.1. The Kier molecular flexibility index (Phi) is 4.68. The van der Waals surface area contributed by atoms with Crippen LogP contribution in [0.2, 0.25) is 0 Å². The molecule has 2 aromatic heterocycles. The molecule has 4 rings (SSSR count). The van der Waals surface area contributed by atoms with E-state index in [0.29, 0.717) is 16.8 Å². The van der Waals surface area contributed by atoms with Gasteiger partial charge in [0.15, 0.2) is 0 Å². The van der Waals surface area contributed by atoms with E-state index in [9.17, 15) is 14.7 Å². The van der Waals surface area contributed by atoms with E-state index in [0.717, 1.165) is 11.1 Å². The lowest BCUT2D eigenvalue weighted by atomic mass is 9.96. The molecular formula is C23H19N3O3. The van der Waals surface area contributed by atoms with Gasteiger partial charge in [-0.15, -0.1) is 0 Å². The van der Waals surface area contributed by atoms with Crippen molar-refractivity contribution in [2.24, 2.45) is 0 Å². The number of rotatable bonds is 3. The van der Waals surface area contributed by atoms with Crippen LogP contribution in [0, 0.1) is 13.8 Å². The van der Waals surface area contributed by atoms with E-state index in [1.807, 2.05) is 32.0 Å². The maximum atomic E-state index is 13.1. The van der Waals surface area contributed by atoms with Crippen molar-refractivity contribution in [3.63, 3.8) is 0 Å². The highest BCUT2D eigenvalue weighted by molar-refractivity contribution is 6.51. The van der Waals surface area contributed by atoms with Crippen LogP contribution in [0.3, 0.4) is 0 Å². The van der Waals surface area contributed by atoms with Crippen molar-refractivity contribution in [3.8, 4) is 0 Å². The first-order chi connectivity index (χ1) is 14.0. The highest BCUT2D eigenvalue weighted by Crippen LogP contribution is 2.42. The molecule has 0 radical (unpaired) electrons. The second-order valence-corrected chi connectivity index (χ2v) is 6.98. The number of carbonyl (C=O) groups is 2. The van der Waals surface area contributed by atoms with Crippen LogP contribution in [-0.4, -0.2) is 26.8 Å². The van der Waals surface area contributed by atoms with Crippen molar-refractivity contribution in [2.75, 3.05) is 4.90 Å². The number of nitrogens with zero attached hydrogens (tertiary/aromatic N) is 3. The molecule has 1 amide bonds. The van der Waals surface area contributed by atoms with Crippen LogP contribution in [0.25, 0.3) is 5.76 Å². The predicted octanol–water partition coefficient (Wildman–Crippen LogP) is 3.72. The molecule has 3 aromatic rings. The number of aliphatic hydroxyl groups excluding tert-OH is 1. The molecule has 1 atom stereocenters. The number of hydrogen-bond donors (Lipinski definition) is 1. The first-order valence-electron chi connectivity index (χ1n) is 9.17. The molecule has 29 heavy (non-hydrogen) atoms. The average Bonchev–Trinajstić information content (AvgIpc) is 3.00. The van der Waals surface area contributed by atoms with E-state index in [1.54, 1.807) is 36.7 Å². The van der Waals surface area contributed by atoms with Crippen LogP contribution >= 0.6 is 0 Å². The highest BCUT2D eigenvalue weighted by Gasteiger charge is 2.47. The number of aromatic nitrogens is 2. The summed E-state index contributed by atoms with van der Waals surface area (Å²) in [5.41, 5.74) is 3.73. The van der Waals surface area contributed by atoms with Gasteiger partial charge in [-0.25, -0.2) is 0 Å². The third kappa shape index (κ3) is 3.18. The van der Waals surface area contributed by atoms with Gasteiger partial charge < -0.3 is 5.11 Å². The summed E-state index contributed by atoms with van der Waals surface area (Å²) in [5, 5.41) is 11.0. The summed E-state index contributed by atoms with van der Waals surface area (Å²) >= 11 is 0. The van der Waals surface area contributed by atoms with E-state index in [-0.39, 0.29) is 11.3 Å². The molecule has 1 saturated heterocycles. The van der Waals surface area contributed by atoms with E-state index in [1.165, 1.54) is 17.3 Å². The molecule has 0 aliphatic carbocycles. The van der Waals surface area contributed by atoms with Gasteiger partial charge in [-0.05, 0) is 55.3 Å². The van der Waals surface area contributed by atoms with Gasteiger partial charge in [0.1, 0.15) is 5.76 Å². The lowest BCUT2D eigenvalue weighted by molar-refractivity contribution is -0.132.